The van der Waals surface area contributed by atoms with Gasteiger partial charge in [0, 0.05) is 20.5 Å². The molecule has 0 aliphatic heterocycles. The number of rotatable bonds is 2. The van der Waals surface area contributed by atoms with E-state index in [1.54, 1.807) is 23.9 Å². The van der Waals surface area contributed by atoms with Gasteiger partial charge in [0.15, 0.2) is 0 Å². The third-order valence-electron chi connectivity index (χ3n) is 2.36. The van der Waals surface area contributed by atoms with Crippen molar-refractivity contribution in [3.63, 3.8) is 0 Å². The lowest BCUT2D eigenvalue weighted by Gasteiger charge is -2.07. The molecule has 2 N–H and O–H groups in total. The molecule has 0 aliphatic carbocycles. The first-order valence-corrected chi connectivity index (χ1v) is 6.62. The number of nitrogens with two attached hydrogens (primary N) is 1. The quantitative estimate of drug-likeness (QED) is 0.782. The second-order valence-corrected chi connectivity index (χ2v) is 5.65. The Morgan fingerprint density at radius 2 is 1.82 bits per heavy atom. The Morgan fingerprint density at radius 1 is 1.06 bits per heavy atom. The van der Waals surface area contributed by atoms with Crippen LogP contribution in [0.1, 0.15) is 5.56 Å². The molecule has 17 heavy (non-hydrogen) atoms. The lowest BCUT2D eigenvalue weighted by molar-refractivity contribution is 1.35. The molecule has 0 bridgehead atoms. The summed E-state index contributed by atoms with van der Waals surface area (Å²) in [5.74, 6) is 0. The van der Waals surface area contributed by atoms with E-state index in [1.165, 1.54) is 0 Å². The average molecular weight is 284 g/mol. The van der Waals surface area contributed by atoms with Crippen LogP contribution < -0.4 is 5.73 Å². The number of benzene rings is 2. The topological polar surface area (TPSA) is 26.0 Å². The Hall–Kier alpha value is -0.830. The molecule has 2 aromatic carbocycles. The fourth-order valence-electron chi connectivity index (χ4n) is 1.39. The smallest absolute Gasteiger partial charge is 0.0546 e. The summed E-state index contributed by atoms with van der Waals surface area (Å²) in [5.41, 5.74) is 7.64. The molecular formula is C13H11Cl2NS. The Balaban J connectivity index is 2.31. The Morgan fingerprint density at radius 3 is 2.53 bits per heavy atom. The molecule has 2 aromatic rings. The van der Waals surface area contributed by atoms with Crippen LogP contribution in [0.2, 0.25) is 10.0 Å². The molecule has 0 spiro atoms. The SMILES string of the molecule is Cc1cc(Sc2cc(Cl)ccc2Cl)ccc1N. The van der Waals surface area contributed by atoms with E-state index >= 15 is 0 Å². The number of hydrogen-bond donors (Lipinski definition) is 1. The van der Waals surface area contributed by atoms with Crippen LogP contribution in [0, 0.1) is 6.92 Å². The molecule has 0 fully saturated rings. The van der Waals surface area contributed by atoms with Gasteiger partial charge in [-0.05, 0) is 48.9 Å². The van der Waals surface area contributed by atoms with Crippen molar-refractivity contribution in [1.82, 2.24) is 0 Å². The molecule has 4 heteroatoms. The van der Waals surface area contributed by atoms with Gasteiger partial charge in [0.2, 0.25) is 0 Å². The summed E-state index contributed by atoms with van der Waals surface area (Å²) in [7, 11) is 0. The lowest BCUT2D eigenvalue weighted by atomic mass is 10.2. The van der Waals surface area contributed by atoms with Gasteiger partial charge >= 0.3 is 0 Å². The van der Waals surface area contributed by atoms with Crippen molar-refractivity contribution < 1.29 is 0 Å². The van der Waals surface area contributed by atoms with Crippen molar-refractivity contribution in [1.29, 1.82) is 0 Å². The van der Waals surface area contributed by atoms with Crippen molar-refractivity contribution in [2.45, 2.75) is 16.7 Å². The number of hydrogen-bond acceptors (Lipinski definition) is 2. The summed E-state index contributed by atoms with van der Waals surface area (Å²) >= 11 is 13.6. The maximum absolute atomic E-state index is 6.11. The predicted octanol–water partition coefficient (Wildman–Crippen LogP) is 5.04. The number of halogens is 2. The standard InChI is InChI=1S/C13H11Cl2NS/c1-8-6-10(3-5-12(8)16)17-13-7-9(14)2-4-11(13)15/h2-7H,16H2,1H3. The fourth-order valence-corrected chi connectivity index (χ4v) is 2.84. The first-order valence-electron chi connectivity index (χ1n) is 5.05. The van der Waals surface area contributed by atoms with Crippen LogP contribution in [-0.4, -0.2) is 0 Å². The Labute approximate surface area is 115 Å². The average Bonchev–Trinajstić information content (AvgIpc) is 2.29. The highest BCUT2D eigenvalue weighted by atomic mass is 35.5. The summed E-state index contributed by atoms with van der Waals surface area (Å²) < 4.78 is 0. The summed E-state index contributed by atoms with van der Waals surface area (Å²) in [5, 5.41) is 1.39. The fraction of sp³-hybridized carbons (Fsp3) is 0.0769. The van der Waals surface area contributed by atoms with Crippen molar-refractivity contribution in [3.05, 3.63) is 52.0 Å². The first kappa shape index (κ1) is 12.6. The third-order valence-corrected chi connectivity index (χ3v) is 4.09. The van der Waals surface area contributed by atoms with Crippen LogP contribution in [0.15, 0.2) is 46.2 Å². The minimum atomic E-state index is 0.684. The van der Waals surface area contributed by atoms with E-state index in [1.807, 2.05) is 31.2 Å². The van der Waals surface area contributed by atoms with Gasteiger partial charge in [0.25, 0.3) is 0 Å². The van der Waals surface area contributed by atoms with Crippen molar-refractivity contribution in [3.8, 4) is 0 Å². The maximum Gasteiger partial charge on any atom is 0.0546 e. The third kappa shape index (κ3) is 3.09. The Bertz CT molecular complexity index is 555. The van der Waals surface area contributed by atoms with E-state index in [0.29, 0.717) is 10.0 Å². The van der Waals surface area contributed by atoms with Crippen LogP contribution in [0.25, 0.3) is 0 Å². The maximum atomic E-state index is 6.11. The van der Waals surface area contributed by atoms with Crippen molar-refractivity contribution in [2.75, 3.05) is 5.73 Å². The number of nitrogen functional groups attached to an aromatic ring is 1. The highest BCUT2D eigenvalue weighted by Gasteiger charge is 2.05. The monoisotopic (exact) mass is 283 g/mol. The summed E-state index contributed by atoms with van der Waals surface area (Å²) in [4.78, 5) is 2.05. The molecule has 2 rings (SSSR count). The molecule has 0 saturated heterocycles. The first-order chi connectivity index (χ1) is 8.06. The Kier molecular flexibility index (Phi) is 3.87. The lowest BCUT2D eigenvalue weighted by Crippen LogP contribution is -1.88. The van der Waals surface area contributed by atoms with Gasteiger partial charge in [-0.2, -0.15) is 0 Å². The van der Waals surface area contributed by atoms with Gasteiger partial charge in [0.1, 0.15) is 0 Å². The zero-order valence-electron chi connectivity index (χ0n) is 9.21. The van der Waals surface area contributed by atoms with Gasteiger partial charge < -0.3 is 5.73 Å². The predicted molar refractivity (Wildman–Crippen MR) is 76.2 cm³/mol. The van der Waals surface area contributed by atoms with Gasteiger partial charge in [-0.25, -0.2) is 0 Å². The molecule has 0 atom stereocenters. The van der Waals surface area contributed by atoms with E-state index in [4.69, 9.17) is 28.9 Å². The van der Waals surface area contributed by atoms with E-state index in [2.05, 4.69) is 0 Å². The normalized spacial score (nSPS) is 10.5. The van der Waals surface area contributed by atoms with Crippen LogP contribution >= 0.6 is 35.0 Å². The molecule has 0 radical (unpaired) electrons. The second-order valence-electron chi connectivity index (χ2n) is 3.70. The van der Waals surface area contributed by atoms with Gasteiger partial charge in [0.05, 0.1) is 5.02 Å². The van der Waals surface area contributed by atoms with Crippen LogP contribution in [0.3, 0.4) is 0 Å². The second kappa shape index (κ2) is 5.21. The molecule has 0 unspecified atom stereocenters. The van der Waals surface area contributed by atoms with Crippen molar-refractivity contribution in [2.24, 2.45) is 0 Å². The van der Waals surface area contributed by atoms with Crippen LogP contribution in [0.4, 0.5) is 5.69 Å². The van der Waals surface area contributed by atoms with Crippen LogP contribution in [0.5, 0.6) is 0 Å². The van der Waals surface area contributed by atoms with E-state index in [0.717, 1.165) is 21.0 Å². The number of aryl methyl sites for hydroxylation is 1. The highest BCUT2D eigenvalue weighted by Crippen LogP contribution is 2.35. The van der Waals surface area contributed by atoms with E-state index < -0.39 is 0 Å². The van der Waals surface area contributed by atoms with Crippen molar-refractivity contribution >= 4 is 40.7 Å². The zero-order valence-corrected chi connectivity index (χ0v) is 11.5. The molecule has 0 aromatic heterocycles. The van der Waals surface area contributed by atoms with Gasteiger partial charge in [-0.15, -0.1) is 0 Å². The van der Waals surface area contributed by atoms with E-state index in [9.17, 15) is 0 Å². The molecule has 0 saturated carbocycles. The van der Waals surface area contributed by atoms with Gasteiger partial charge in [-0.1, -0.05) is 35.0 Å². The highest BCUT2D eigenvalue weighted by molar-refractivity contribution is 7.99. The molecule has 0 aliphatic rings. The summed E-state index contributed by atoms with van der Waals surface area (Å²) in [6.45, 7) is 1.99. The van der Waals surface area contributed by atoms with E-state index in [-0.39, 0.29) is 0 Å². The largest absolute Gasteiger partial charge is 0.399 e. The molecular weight excluding hydrogens is 273 g/mol. The van der Waals surface area contributed by atoms with Gasteiger partial charge in [-0.3, -0.25) is 0 Å². The number of anilines is 1. The zero-order chi connectivity index (χ0) is 12.4. The molecule has 0 amide bonds. The molecule has 0 heterocycles. The summed E-state index contributed by atoms with van der Waals surface area (Å²) in [6, 6.07) is 11.4. The molecule has 1 nitrogen and oxygen atoms in total. The minimum absolute atomic E-state index is 0.684. The molecule has 88 valence electrons. The van der Waals surface area contributed by atoms with Crippen LogP contribution in [-0.2, 0) is 0 Å². The summed E-state index contributed by atoms with van der Waals surface area (Å²) in [6.07, 6.45) is 0. The minimum Gasteiger partial charge on any atom is -0.399 e.